The van der Waals surface area contributed by atoms with Gasteiger partial charge in [0.25, 0.3) is 5.91 Å². The van der Waals surface area contributed by atoms with Crippen LogP contribution in [0.25, 0.3) is 0 Å². The molecule has 0 atom stereocenters. The van der Waals surface area contributed by atoms with Crippen LogP contribution in [0.2, 0.25) is 0 Å². The van der Waals surface area contributed by atoms with E-state index in [1.807, 2.05) is 24.3 Å². The number of rotatable bonds is 4. The van der Waals surface area contributed by atoms with Crippen molar-refractivity contribution in [2.24, 2.45) is 0 Å². The SMILES string of the molecule is O=C(COc1ccc(CO)nc1)N1CCc2ccccc21. The van der Waals surface area contributed by atoms with Crippen molar-refractivity contribution in [1.82, 2.24) is 4.98 Å². The number of pyridine rings is 1. The minimum atomic E-state index is -0.107. The van der Waals surface area contributed by atoms with E-state index in [9.17, 15) is 4.79 Å². The van der Waals surface area contributed by atoms with E-state index in [0.29, 0.717) is 18.0 Å². The molecule has 0 fully saturated rings. The van der Waals surface area contributed by atoms with E-state index in [4.69, 9.17) is 9.84 Å². The van der Waals surface area contributed by atoms with Gasteiger partial charge in [-0.2, -0.15) is 0 Å². The molecule has 0 aliphatic carbocycles. The second-order valence-corrected chi connectivity index (χ2v) is 4.86. The van der Waals surface area contributed by atoms with Crippen molar-refractivity contribution in [2.45, 2.75) is 13.0 Å². The molecule has 1 aromatic heterocycles. The second-order valence-electron chi connectivity index (χ2n) is 4.86. The average molecular weight is 284 g/mol. The summed E-state index contributed by atoms with van der Waals surface area (Å²) < 4.78 is 5.46. The summed E-state index contributed by atoms with van der Waals surface area (Å²) in [5.74, 6) is 0.458. The Morgan fingerprint density at radius 3 is 2.90 bits per heavy atom. The number of aliphatic hydroxyl groups excluding tert-OH is 1. The van der Waals surface area contributed by atoms with Crippen LogP contribution in [-0.2, 0) is 17.8 Å². The van der Waals surface area contributed by atoms with Crippen molar-refractivity contribution < 1.29 is 14.6 Å². The molecule has 0 unspecified atom stereocenters. The number of amides is 1. The number of ether oxygens (including phenoxy) is 1. The number of hydrogen-bond donors (Lipinski definition) is 1. The standard InChI is InChI=1S/C16H16N2O3/c19-10-13-5-6-14(9-17-13)21-11-16(20)18-8-7-12-3-1-2-4-15(12)18/h1-6,9,19H,7-8,10-11H2. The molecule has 0 bridgehead atoms. The molecule has 1 aliphatic rings. The van der Waals surface area contributed by atoms with Gasteiger partial charge >= 0.3 is 0 Å². The number of hydrogen-bond acceptors (Lipinski definition) is 4. The molecule has 1 N–H and O–H groups in total. The predicted octanol–water partition coefficient (Wildman–Crippen LogP) is 1.54. The molecule has 0 spiro atoms. The summed E-state index contributed by atoms with van der Waals surface area (Å²) in [7, 11) is 0. The van der Waals surface area contributed by atoms with Crippen LogP contribution in [0.3, 0.4) is 0 Å². The first-order chi connectivity index (χ1) is 10.3. The smallest absolute Gasteiger partial charge is 0.264 e. The van der Waals surface area contributed by atoms with E-state index in [1.54, 1.807) is 17.0 Å². The maximum absolute atomic E-state index is 12.2. The lowest BCUT2D eigenvalue weighted by atomic mass is 10.2. The van der Waals surface area contributed by atoms with Gasteiger partial charge in [0.05, 0.1) is 18.5 Å². The van der Waals surface area contributed by atoms with Crippen LogP contribution < -0.4 is 9.64 Å². The molecule has 1 aromatic carbocycles. The lowest BCUT2D eigenvalue weighted by Gasteiger charge is -2.17. The zero-order valence-electron chi connectivity index (χ0n) is 11.5. The summed E-state index contributed by atoms with van der Waals surface area (Å²) in [5, 5.41) is 8.92. The summed E-state index contributed by atoms with van der Waals surface area (Å²) >= 11 is 0. The van der Waals surface area contributed by atoms with Crippen LogP contribution in [0.1, 0.15) is 11.3 Å². The maximum atomic E-state index is 12.2. The Labute approximate surface area is 122 Å². The summed E-state index contributed by atoms with van der Waals surface area (Å²) in [6, 6.07) is 11.3. The van der Waals surface area contributed by atoms with Gasteiger partial charge in [-0.1, -0.05) is 18.2 Å². The molecule has 21 heavy (non-hydrogen) atoms. The zero-order valence-corrected chi connectivity index (χ0v) is 11.5. The number of benzene rings is 1. The number of carbonyl (C=O) groups is 1. The Bertz CT molecular complexity index is 640. The molecule has 0 radical (unpaired) electrons. The van der Waals surface area contributed by atoms with Crippen LogP contribution in [-0.4, -0.2) is 29.1 Å². The molecule has 5 nitrogen and oxygen atoms in total. The topological polar surface area (TPSA) is 62.7 Å². The fourth-order valence-electron chi connectivity index (χ4n) is 2.41. The van der Waals surface area contributed by atoms with Crippen LogP contribution in [0.4, 0.5) is 5.69 Å². The average Bonchev–Trinajstić information content (AvgIpc) is 2.97. The number of para-hydroxylation sites is 1. The lowest BCUT2D eigenvalue weighted by Crippen LogP contribution is -2.33. The van der Waals surface area contributed by atoms with Crippen LogP contribution in [0.15, 0.2) is 42.6 Å². The highest BCUT2D eigenvalue weighted by Crippen LogP contribution is 2.27. The highest BCUT2D eigenvalue weighted by molar-refractivity contribution is 5.96. The van der Waals surface area contributed by atoms with Gasteiger partial charge in [-0.25, -0.2) is 0 Å². The van der Waals surface area contributed by atoms with Gasteiger partial charge in [-0.3, -0.25) is 9.78 Å². The van der Waals surface area contributed by atoms with Crippen molar-refractivity contribution in [3.05, 3.63) is 53.9 Å². The zero-order chi connectivity index (χ0) is 14.7. The normalized spacial score (nSPS) is 13.1. The molecule has 1 aliphatic heterocycles. The van der Waals surface area contributed by atoms with E-state index in [-0.39, 0.29) is 19.1 Å². The van der Waals surface area contributed by atoms with Gasteiger partial charge < -0.3 is 14.7 Å². The van der Waals surface area contributed by atoms with Crippen LogP contribution >= 0.6 is 0 Å². The molecule has 0 saturated heterocycles. The first kappa shape index (κ1) is 13.6. The third kappa shape index (κ3) is 2.87. The Kier molecular flexibility index (Phi) is 3.83. The van der Waals surface area contributed by atoms with Gasteiger partial charge in [0, 0.05) is 12.2 Å². The van der Waals surface area contributed by atoms with Crippen molar-refractivity contribution in [2.75, 3.05) is 18.1 Å². The van der Waals surface area contributed by atoms with Gasteiger partial charge in [0.15, 0.2) is 6.61 Å². The van der Waals surface area contributed by atoms with E-state index >= 15 is 0 Å². The number of aromatic nitrogens is 1. The molecule has 2 heterocycles. The minimum Gasteiger partial charge on any atom is -0.482 e. The van der Waals surface area contributed by atoms with E-state index in [2.05, 4.69) is 4.98 Å². The summed E-state index contributed by atoms with van der Waals surface area (Å²) in [4.78, 5) is 18.0. The molecular formula is C16H16N2O3. The monoisotopic (exact) mass is 284 g/mol. The number of carbonyl (C=O) groups excluding carboxylic acids is 1. The fraction of sp³-hybridized carbons (Fsp3) is 0.250. The molecular weight excluding hydrogens is 268 g/mol. The number of aliphatic hydroxyl groups is 1. The molecule has 0 saturated carbocycles. The lowest BCUT2D eigenvalue weighted by molar-refractivity contribution is -0.120. The third-order valence-corrected chi connectivity index (χ3v) is 3.51. The number of nitrogens with zero attached hydrogens (tertiary/aromatic N) is 2. The molecule has 5 heteroatoms. The molecule has 108 valence electrons. The predicted molar refractivity (Wildman–Crippen MR) is 78.2 cm³/mol. The second kappa shape index (κ2) is 5.93. The first-order valence-electron chi connectivity index (χ1n) is 6.85. The van der Waals surface area contributed by atoms with Gasteiger partial charge in [0.1, 0.15) is 5.75 Å². The Morgan fingerprint density at radius 2 is 2.14 bits per heavy atom. The van der Waals surface area contributed by atoms with E-state index in [1.165, 1.54) is 11.8 Å². The van der Waals surface area contributed by atoms with Gasteiger partial charge in [0.2, 0.25) is 0 Å². The first-order valence-corrected chi connectivity index (χ1v) is 6.85. The maximum Gasteiger partial charge on any atom is 0.264 e. The highest BCUT2D eigenvalue weighted by atomic mass is 16.5. The summed E-state index contributed by atoms with van der Waals surface area (Å²) in [6.45, 7) is 0.571. The van der Waals surface area contributed by atoms with Crippen molar-refractivity contribution in [3.8, 4) is 5.75 Å². The summed E-state index contributed by atoms with van der Waals surface area (Å²) in [6.07, 6.45) is 2.39. The summed E-state index contributed by atoms with van der Waals surface area (Å²) in [5.41, 5.74) is 2.74. The Morgan fingerprint density at radius 1 is 1.29 bits per heavy atom. The molecule has 2 aromatic rings. The molecule has 3 rings (SSSR count). The van der Waals surface area contributed by atoms with E-state index < -0.39 is 0 Å². The number of fused-ring (bicyclic) bond motifs is 1. The quantitative estimate of drug-likeness (QED) is 0.925. The van der Waals surface area contributed by atoms with Gasteiger partial charge in [-0.05, 0) is 30.2 Å². The van der Waals surface area contributed by atoms with Crippen molar-refractivity contribution >= 4 is 11.6 Å². The van der Waals surface area contributed by atoms with Crippen molar-refractivity contribution in [1.29, 1.82) is 0 Å². The number of anilines is 1. The Balaban J connectivity index is 1.62. The highest BCUT2D eigenvalue weighted by Gasteiger charge is 2.24. The largest absolute Gasteiger partial charge is 0.482 e. The van der Waals surface area contributed by atoms with E-state index in [0.717, 1.165) is 12.1 Å². The minimum absolute atomic E-state index is 0.0194. The third-order valence-electron chi connectivity index (χ3n) is 3.51. The van der Waals surface area contributed by atoms with Gasteiger partial charge in [-0.15, -0.1) is 0 Å². The van der Waals surface area contributed by atoms with Crippen LogP contribution in [0.5, 0.6) is 5.75 Å². The van der Waals surface area contributed by atoms with Crippen molar-refractivity contribution in [3.63, 3.8) is 0 Å². The molecule has 1 amide bonds. The fourth-order valence-corrected chi connectivity index (χ4v) is 2.41. The Hall–Kier alpha value is -2.40. The van der Waals surface area contributed by atoms with Crippen LogP contribution in [0, 0.1) is 0 Å².